The summed E-state index contributed by atoms with van der Waals surface area (Å²) >= 11 is 6.71. The Labute approximate surface area is 212 Å². The van der Waals surface area contributed by atoms with Crippen LogP contribution in [0.2, 0.25) is 5.02 Å². The van der Waals surface area contributed by atoms with Crippen LogP contribution in [0.1, 0.15) is 79.9 Å². The molecule has 0 amide bonds. The van der Waals surface area contributed by atoms with E-state index in [2.05, 4.69) is 17.9 Å². The van der Waals surface area contributed by atoms with Gasteiger partial charge >= 0.3 is 0 Å². The van der Waals surface area contributed by atoms with E-state index in [-0.39, 0.29) is 11.9 Å². The van der Waals surface area contributed by atoms with E-state index in [0.29, 0.717) is 28.4 Å². The second-order valence-corrected chi connectivity index (χ2v) is 10.5. The predicted octanol–water partition coefficient (Wildman–Crippen LogP) is 7.32. The number of aryl methyl sites for hydroxylation is 2. The zero-order chi connectivity index (χ0) is 24.7. The van der Waals surface area contributed by atoms with Gasteiger partial charge in [0.15, 0.2) is 0 Å². The van der Waals surface area contributed by atoms with Crippen LogP contribution in [0.4, 0.5) is 10.3 Å². The van der Waals surface area contributed by atoms with E-state index in [1.807, 2.05) is 36.7 Å². The second-order valence-electron chi connectivity index (χ2n) is 10.1. The SMILES string of the molecule is CCCN(c1nc(C2CC2)n(-c2cc(C)c(OC)cc2Cl)n1)[C@@H](CC1CC1)c1ccc(C)c(F)c1. The average Bonchev–Trinajstić information content (AvgIpc) is 3.78. The van der Waals surface area contributed by atoms with Gasteiger partial charge in [-0.3, -0.25) is 0 Å². The molecule has 0 saturated heterocycles. The monoisotopic (exact) mass is 496 g/mol. The van der Waals surface area contributed by atoms with E-state index in [1.165, 1.54) is 12.8 Å². The summed E-state index contributed by atoms with van der Waals surface area (Å²) in [5.74, 6) is 3.31. The van der Waals surface area contributed by atoms with Crippen molar-refractivity contribution >= 4 is 17.5 Å². The third-order valence-corrected chi connectivity index (χ3v) is 7.49. The number of halogens is 2. The van der Waals surface area contributed by atoms with Crippen LogP contribution < -0.4 is 9.64 Å². The number of hydrogen-bond acceptors (Lipinski definition) is 4. The first-order valence-corrected chi connectivity index (χ1v) is 13.1. The Morgan fingerprint density at radius 3 is 2.54 bits per heavy atom. The number of ether oxygens (including phenoxy) is 1. The zero-order valence-electron chi connectivity index (χ0n) is 21.0. The number of methoxy groups -OCH3 is 1. The standard InChI is InChI=1S/C28H34ClFN4O/c1-5-12-33(24(14-19-7-8-19)21-9-6-17(2)23(30)15-21)28-31-27(20-10-11-20)34(32-28)25-13-18(3)26(35-4)16-22(25)29/h6,9,13,15-16,19-20,24H,5,7-8,10-12,14H2,1-4H3/t24-/m0/s1. The Hall–Kier alpha value is -2.60. The molecule has 1 aromatic heterocycles. The Kier molecular flexibility index (Phi) is 6.75. The first-order valence-electron chi connectivity index (χ1n) is 12.7. The molecule has 7 heteroatoms. The lowest BCUT2D eigenvalue weighted by Crippen LogP contribution is -2.31. The minimum Gasteiger partial charge on any atom is -0.496 e. The summed E-state index contributed by atoms with van der Waals surface area (Å²) in [5.41, 5.74) is 3.49. The molecule has 2 aliphatic carbocycles. The molecule has 0 N–H and O–H groups in total. The van der Waals surface area contributed by atoms with Crippen molar-refractivity contribution in [1.82, 2.24) is 14.8 Å². The molecule has 5 nitrogen and oxygen atoms in total. The number of rotatable bonds is 10. The van der Waals surface area contributed by atoms with Gasteiger partial charge in [-0.15, -0.1) is 5.10 Å². The van der Waals surface area contributed by atoms with E-state index in [0.717, 1.165) is 60.6 Å². The molecule has 1 heterocycles. The molecule has 2 aromatic carbocycles. The molecule has 35 heavy (non-hydrogen) atoms. The quantitative estimate of drug-likeness (QED) is 0.295. The van der Waals surface area contributed by atoms with Crippen molar-refractivity contribution in [2.24, 2.45) is 5.92 Å². The van der Waals surface area contributed by atoms with Gasteiger partial charge in [0, 0.05) is 18.5 Å². The fraction of sp³-hybridized carbons (Fsp3) is 0.500. The summed E-state index contributed by atoms with van der Waals surface area (Å²) in [7, 11) is 1.65. The zero-order valence-corrected chi connectivity index (χ0v) is 21.8. The first kappa shape index (κ1) is 24.1. The van der Waals surface area contributed by atoms with Crippen LogP contribution in [0, 0.1) is 25.6 Å². The number of benzene rings is 2. The van der Waals surface area contributed by atoms with Crippen molar-refractivity contribution in [2.75, 3.05) is 18.6 Å². The lowest BCUT2D eigenvalue weighted by Gasteiger charge is -2.31. The Morgan fingerprint density at radius 1 is 1.14 bits per heavy atom. The van der Waals surface area contributed by atoms with Crippen molar-refractivity contribution in [2.45, 2.75) is 71.3 Å². The third kappa shape index (κ3) is 5.04. The normalized spacial score (nSPS) is 16.4. The Morgan fingerprint density at radius 2 is 1.91 bits per heavy atom. The van der Waals surface area contributed by atoms with Crippen molar-refractivity contribution in [1.29, 1.82) is 0 Å². The van der Waals surface area contributed by atoms with E-state index >= 15 is 0 Å². The van der Waals surface area contributed by atoms with Crippen molar-refractivity contribution < 1.29 is 9.13 Å². The summed E-state index contributed by atoms with van der Waals surface area (Å²) in [6, 6.07) is 9.56. The van der Waals surface area contributed by atoms with Crippen LogP contribution >= 0.6 is 11.6 Å². The van der Waals surface area contributed by atoms with Gasteiger partial charge < -0.3 is 9.64 Å². The van der Waals surface area contributed by atoms with Crippen molar-refractivity contribution in [3.8, 4) is 11.4 Å². The number of aromatic nitrogens is 3. The summed E-state index contributed by atoms with van der Waals surface area (Å²) in [4.78, 5) is 7.38. The lowest BCUT2D eigenvalue weighted by atomic mass is 9.98. The van der Waals surface area contributed by atoms with Crippen LogP contribution in [-0.2, 0) is 0 Å². The maximum Gasteiger partial charge on any atom is 0.245 e. The van der Waals surface area contributed by atoms with Gasteiger partial charge in [0.05, 0.1) is 23.9 Å². The molecular weight excluding hydrogens is 463 g/mol. The van der Waals surface area contributed by atoms with E-state index in [1.54, 1.807) is 13.2 Å². The maximum atomic E-state index is 14.6. The highest BCUT2D eigenvalue weighted by Gasteiger charge is 2.35. The van der Waals surface area contributed by atoms with Crippen LogP contribution in [-0.4, -0.2) is 28.4 Å². The molecule has 2 fully saturated rings. The molecule has 186 valence electrons. The highest BCUT2D eigenvalue weighted by atomic mass is 35.5. The Bertz CT molecular complexity index is 1220. The van der Waals surface area contributed by atoms with E-state index < -0.39 is 0 Å². The molecular formula is C28H34ClFN4O. The molecule has 0 unspecified atom stereocenters. The highest BCUT2D eigenvalue weighted by Crippen LogP contribution is 2.44. The first-order chi connectivity index (χ1) is 16.9. The molecule has 2 saturated carbocycles. The van der Waals surface area contributed by atoms with Crippen LogP contribution in [0.15, 0.2) is 30.3 Å². The van der Waals surface area contributed by atoms with Gasteiger partial charge in [-0.2, -0.15) is 4.98 Å². The minimum absolute atomic E-state index is 0.0357. The third-order valence-electron chi connectivity index (χ3n) is 7.19. The van der Waals surface area contributed by atoms with Gasteiger partial charge in [-0.1, -0.05) is 43.5 Å². The topological polar surface area (TPSA) is 43.2 Å². The summed E-state index contributed by atoms with van der Waals surface area (Å²) in [6.45, 7) is 6.79. The molecule has 3 aromatic rings. The van der Waals surface area contributed by atoms with Crippen LogP contribution in [0.3, 0.4) is 0 Å². The summed E-state index contributed by atoms with van der Waals surface area (Å²) in [5, 5.41) is 5.63. The van der Waals surface area contributed by atoms with Gasteiger partial charge in [-0.05, 0) is 74.3 Å². The van der Waals surface area contributed by atoms with Crippen molar-refractivity contribution in [3.05, 3.63) is 63.7 Å². The predicted molar refractivity (Wildman–Crippen MR) is 138 cm³/mol. The Balaban J connectivity index is 1.59. The number of hydrogen-bond donors (Lipinski definition) is 0. The van der Waals surface area contributed by atoms with Crippen molar-refractivity contribution in [3.63, 3.8) is 0 Å². The summed E-state index contributed by atoms with van der Waals surface area (Å²) < 4.78 is 22.0. The fourth-order valence-electron chi connectivity index (χ4n) is 4.81. The van der Waals surface area contributed by atoms with Gasteiger partial charge in [0.1, 0.15) is 17.4 Å². The van der Waals surface area contributed by atoms with Gasteiger partial charge in [0.25, 0.3) is 0 Å². The van der Waals surface area contributed by atoms with Crippen LogP contribution in [0.5, 0.6) is 5.75 Å². The smallest absolute Gasteiger partial charge is 0.245 e. The van der Waals surface area contributed by atoms with Gasteiger partial charge in [-0.25, -0.2) is 9.07 Å². The number of anilines is 1. The fourth-order valence-corrected chi connectivity index (χ4v) is 5.05. The summed E-state index contributed by atoms with van der Waals surface area (Å²) in [6.07, 6.45) is 6.62. The molecule has 0 spiro atoms. The highest BCUT2D eigenvalue weighted by molar-refractivity contribution is 6.32. The van der Waals surface area contributed by atoms with Gasteiger partial charge in [0.2, 0.25) is 5.95 Å². The molecule has 0 aliphatic heterocycles. The maximum absolute atomic E-state index is 14.6. The number of nitrogens with zero attached hydrogens (tertiary/aromatic N) is 4. The molecule has 2 aliphatic rings. The average molecular weight is 497 g/mol. The molecule has 0 bridgehead atoms. The second kappa shape index (κ2) is 9.81. The molecule has 1 atom stereocenters. The molecule has 5 rings (SSSR count). The lowest BCUT2D eigenvalue weighted by molar-refractivity contribution is 0.411. The van der Waals surface area contributed by atoms with E-state index in [4.69, 9.17) is 26.4 Å². The van der Waals surface area contributed by atoms with Crippen LogP contribution in [0.25, 0.3) is 5.69 Å². The molecule has 0 radical (unpaired) electrons. The minimum atomic E-state index is -0.155. The largest absolute Gasteiger partial charge is 0.496 e. The van der Waals surface area contributed by atoms with E-state index in [9.17, 15) is 4.39 Å².